The summed E-state index contributed by atoms with van der Waals surface area (Å²) in [5.74, 6) is 0.622. The molecule has 0 bridgehead atoms. The molecule has 0 saturated carbocycles. The third-order valence-corrected chi connectivity index (χ3v) is 6.80. The first-order valence-electron chi connectivity index (χ1n) is 10.0. The number of nitrogens with zero attached hydrogens (tertiary/aromatic N) is 1. The van der Waals surface area contributed by atoms with Crippen LogP contribution >= 0.6 is 0 Å². The molecule has 1 N–H and O–H groups in total. The molecule has 2 aromatic carbocycles. The first-order valence-corrected chi connectivity index (χ1v) is 11.5. The Morgan fingerprint density at radius 2 is 1.79 bits per heavy atom. The molecule has 156 valence electrons. The van der Waals surface area contributed by atoms with Gasteiger partial charge in [0.15, 0.2) is 0 Å². The highest BCUT2D eigenvalue weighted by Gasteiger charge is 2.26. The van der Waals surface area contributed by atoms with Crippen molar-refractivity contribution in [2.75, 3.05) is 25.0 Å². The number of aryl methyl sites for hydroxylation is 1. The average molecular weight is 417 g/mol. The second kappa shape index (κ2) is 9.89. The molecule has 6 nitrogen and oxygen atoms in total. The van der Waals surface area contributed by atoms with E-state index in [-0.39, 0.29) is 10.8 Å². The van der Waals surface area contributed by atoms with Gasteiger partial charge in [-0.2, -0.15) is 4.31 Å². The first-order chi connectivity index (χ1) is 13.9. The first kappa shape index (κ1) is 21.3. The number of carbonyl (C=O) groups excluding carboxylic acids is 1. The highest BCUT2D eigenvalue weighted by molar-refractivity contribution is 7.89. The van der Waals surface area contributed by atoms with Crippen molar-refractivity contribution in [3.05, 3.63) is 54.1 Å². The molecule has 0 aromatic heterocycles. The van der Waals surface area contributed by atoms with E-state index in [1.165, 1.54) is 15.9 Å². The zero-order valence-corrected chi connectivity index (χ0v) is 17.6. The fourth-order valence-corrected chi connectivity index (χ4v) is 4.83. The minimum atomic E-state index is -3.51. The maximum absolute atomic E-state index is 12.8. The second-order valence-corrected chi connectivity index (χ2v) is 9.24. The van der Waals surface area contributed by atoms with E-state index in [9.17, 15) is 13.2 Å². The number of amides is 1. The Labute approximate surface area is 172 Å². The summed E-state index contributed by atoms with van der Waals surface area (Å²) in [4.78, 5) is 12.4. The number of rotatable bonds is 8. The lowest BCUT2D eigenvalue weighted by Crippen LogP contribution is -2.35. The van der Waals surface area contributed by atoms with Crippen molar-refractivity contribution in [3.8, 4) is 5.75 Å². The lowest BCUT2D eigenvalue weighted by Gasteiger charge is -2.26. The third kappa shape index (κ3) is 6.05. The molecule has 0 unspecified atom stereocenters. The molecule has 1 amide bonds. The normalized spacial score (nSPS) is 15.1. The molecule has 0 radical (unpaired) electrons. The van der Waals surface area contributed by atoms with E-state index in [4.69, 9.17) is 4.74 Å². The molecule has 1 heterocycles. The van der Waals surface area contributed by atoms with E-state index in [0.29, 0.717) is 38.2 Å². The van der Waals surface area contributed by atoms with Crippen molar-refractivity contribution in [2.45, 2.75) is 43.9 Å². The molecule has 29 heavy (non-hydrogen) atoms. The molecule has 0 spiro atoms. The fourth-order valence-electron chi connectivity index (χ4n) is 3.27. The Morgan fingerprint density at radius 1 is 1.07 bits per heavy atom. The highest BCUT2D eigenvalue weighted by Crippen LogP contribution is 2.23. The number of nitrogens with one attached hydrogen (secondary N) is 1. The molecule has 3 rings (SSSR count). The summed E-state index contributed by atoms with van der Waals surface area (Å²) < 4.78 is 32.7. The van der Waals surface area contributed by atoms with Crippen LogP contribution in [-0.2, 0) is 14.8 Å². The van der Waals surface area contributed by atoms with Gasteiger partial charge in [-0.3, -0.25) is 4.79 Å². The number of anilines is 1. The number of hydrogen-bond acceptors (Lipinski definition) is 4. The van der Waals surface area contributed by atoms with Crippen LogP contribution in [0.4, 0.5) is 5.69 Å². The van der Waals surface area contributed by atoms with Crippen molar-refractivity contribution < 1.29 is 17.9 Å². The van der Waals surface area contributed by atoms with Gasteiger partial charge in [0.25, 0.3) is 0 Å². The summed E-state index contributed by atoms with van der Waals surface area (Å²) in [6, 6.07) is 14.2. The predicted molar refractivity (Wildman–Crippen MR) is 114 cm³/mol. The van der Waals surface area contributed by atoms with E-state index < -0.39 is 10.0 Å². The van der Waals surface area contributed by atoms with Gasteiger partial charge >= 0.3 is 0 Å². The average Bonchev–Trinajstić information content (AvgIpc) is 2.73. The molecule has 7 heteroatoms. The maximum Gasteiger partial charge on any atom is 0.243 e. The van der Waals surface area contributed by atoms with Crippen LogP contribution in [0.15, 0.2) is 53.4 Å². The van der Waals surface area contributed by atoms with Crippen LogP contribution in [0.5, 0.6) is 5.75 Å². The Balaban J connectivity index is 1.50. The number of sulfonamides is 1. The lowest BCUT2D eigenvalue weighted by molar-refractivity contribution is -0.116. The van der Waals surface area contributed by atoms with Gasteiger partial charge in [-0.1, -0.05) is 30.2 Å². The fraction of sp³-hybridized carbons (Fsp3) is 0.409. The quantitative estimate of drug-likeness (QED) is 0.661. The summed E-state index contributed by atoms with van der Waals surface area (Å²) in [5, 5.41) is 2.79. The summed E-state index contributed by atoms with van der Waals surface area (Å²) in [6.07, 6.45) is 3.72. The van der Waals surface area contributed by atoms with Crippen LogP contribution in [0.1, 0.15) is 37.7 Å². The standard InChI is InChI=1S/C22H28N2O4S/c1-18-10-12-20(13-11-18)28-16-6-9-22(25)23-19-7-5-8-21(17-19)29(26,27)24-14-3-2-4-15-24/h5,7-8,10-13,17H,2-4,6,9,14-16H2,1H3,(H,23,25). The topological polar surface area (TPSA) is 75.7 Å². The Morgan fingerprint density at radius 3 is 2.52 bits per heavy atom. The van der Waals surface area contributed by atoms with Crippen LogP contribution < -0.4 is 10.1 Å². The van der Waals surface area contributed by atoms with Gasteiger partial charge in [-0.15, -0.1) is 0 Å². The van der Waals surface area contributed by atoms with Gasteiger partial charge in [0.05, 0.1) is 11.5 Å². The van der Waals surface area contributed by atoms with E-state index in [0.717, 1.165) is 25.0 Å². The molecule has 1 saturated heterocycles. The SMILES string of the molecule is Cc1ccc(OCCCC(=O)Nc2cccc(S(=O)(=O)N3CCCCC3)c2)cc1. The van der Waals surface area contributed by atoms with E-state index in [2.05, 4.69) is 5.32 Å². The molecule has 0 atom stereocenters. The molecule has 1 fully saturated rings. The Hall–Kier alpha value is -2.38. The minimum Gasteiger partial charge on any atom is -0.494 e. The van der Waals surface area contributed by atoms with Gasteiger partial charge in [0.2, 0.25) is 15.9 Å². The van der Waals surface area contributed by atoms with Crippen LogP contribution in [0, 0.1) is 6.92 Å². The summed E-state index contributed by atoms with van der Waals surface area (Å²) in [6.45, 7) is 3.57. The summed E-state index contributed by atoms with van der Waals surface area (Å²) in [5.41, 5.74) is 1.66. The number of hydrogen-bond donors (Lipinski definition) is 1. The predicted octanol–water partition coefficient (Wildman–Crippen LogP) is 3.97. The van der Waals surface area contributed by atoms with Gasteiger partial charge in [0.1, 0.15) is 5.75 Å². The summed E-state index contributed by atoms with van der Waals surface area (Å²) in [7, 11) is -3.51. The van der Waals surface area contributed by atoms with Gasteiger partial charge in [0, 0.05) is 25.2 Å². The minimum absolute atomic E-state index is 0.162. The molecule has 1 aliphatic rings. The molecule has 2 aromatic rings. The van der Waals surface area contributed by atoms with Crippen molar-refractivity contribution in [1.82, 2.24) is 4.31 Å². The lowest BCUT2D eigenvalue weighted by atomic mass is 10.2. The van der Waals surface area contributed by atoms with Crippen molar-refractivity contribution in [2.24, 2.45) is 0 Å². The monoisotopic (exact) mass is 416 g/mol. The zero-order valence-electron chi connectivity index (χ0n) is 16.8. The second-order valence-electron chi connectivity index (χ2n) is 7.31. The van der Waals surface area contributed by atoms with Gasteiger partial charge in [-0.05, 0) is 56.5 Å². The maximum atomic E-state index is 12.8. The molecular weight excluding hydrogens is 388 g/mol. The third-order valence-electron chi connectivity index (χ3n) is 4.91. The van der Waals surface area contributed by atoms with E-state index in [1.54, 1.807) is 18.2 Å². The smallest absolute Gasteiger partial charge is 0.243 e. The van der Waals surface area contributed by atoms with Crippen molar-refractivity contribution >= 4 is 21.6 Å². The van der Waals surface area contributed by atoms with Gasteiger partial charge in [-0.25, -0.2) is 8.42 Å². The molecular formula is C22H28N2O4S. The van der Waals surface area contributed by atoms with Crippen LogP contribution in [-0.4, -0.2) is 38.3 Å². The largest absolute Gasteiger partial charge is 0.494 e. The van der Waals surface area contributed by atoms with Crippen LogP contribution in [0.2, 0.25) is 0 Å². The summed E-state index contributed by atoms with van der Waals surface area (Å²) >= 11 is 0. The van der Waals surface area contributed by atoms with Gasteiger partial charge < -0.3 is 10.1 Å². The Kier molecular flexibility index (Phi) is 7.28. The number of ether oxygens (including phenoxy) is 1. The van der Waals surface area contributed by atoms with E-state index >= 15 is 0 Å². The number of benzene rings is 2. The number of carbonyl (C=O) groups is 1. The van der Waals surface area contributed by atoms with Crippen LogP contribution in [0.25, 0.3) is 0 Å². The zero-order chi connectivity index (χ0) is 20.7. The van der Waals surface area contributed by atoms with Crippen LogP contribution in [0.3, 0.4) is 0 Å². The molecule has 0 aliphatic carbocycles. The van der Waals surface area contributed by atoms with Crippen molar-refractivity contribution in [3.63, 3.8) is 0 Å². The van der Waals surface area contributed by atoms with E-state index in [1.807, 2.05) is 31.2 Å². The number of piperidine rings is 1. The Bertz CT molecular complexity index is 920. The molecule has 1 aliphatic heterocycles. The highest BCUT2D eigenvalue weighted by atomic mass is 32.2. The van der Waals surface area contributed by atoms with Crippen molar-refractivity contribution in [1.29, 1.82) is 0 Å².